The van der Waals surface area contributed by atoms with Crippen molar-refractivity contribution in [3.05, 3.63) is 28.8 Å². The molecule has 0 radical (unpaired) electrons. The third-order valence-electron chi connectivity index (χ3n) is 4.55. The number of benzene rings is 1. The predicted octanol–water partition coefficient (Wildman–Crippen LogP) is 3.32. The Labute approximate surface area is 155 Å². The molecule has 0 bridgehead atoms. The van der Waals surface area contributed by atoms with Gasteiger partial charge in [-0.05, 0) is 52.3 Å². The van der Waals surface area contributed by atoms with Gasteiger partial charge in [0, 0.05) is 43.2 Å². The average Bonchev–Trinajstić information content (AvgIpc) is 2.96. The molecule has 6 heteroatoms. The fourth-order valence-corrected chi connectivity index (χ4v) is 3.50. The first-order chi connectivity index (χ1) is 11.8. The van der Waals surface area contributed by atoms with Gasteiger partial charge in [-0.15, -0.1) is 0 Å². The Kier molecular flexibility index (Phi) is 6.85. The van der Waals surface area contributed by atoms with Crippen molar-refractivity contribution in [2.45, 2.75) is 52.6 Å². The van der Waals surface area contributed by atoms with Crippen LogP contribution in [-0.2, 0) is 4.79 Å². The molecule has 1 aromatic carbocycles. The summed E-state index contributed by atoms with van der Waals surface area (Å²) in [7, 11) is 0. The normalized spacial score (nSPS) is 14.9. The lowest BCUT2D eigenvalue weighted by Gasteiger charge is -2.30. The molecule has 1 saturated heterocycles. The Morgan fingerprint density at radius 3 is 2.52 bits per heavy atom. The molecule has 25 heavy (non-hydrogen) atoms. The summed E-state index contributed by atoms with van der Waals surface area (Å²) in [6.07, 6.45) is 1.33. The van der Waals surface area contributed by atoms with Crippen molar-refractivity contribution in [3.8, 4) is 0 Å². The molecule has 1 aromatic rings. The highest BCUT2D eigenvalue weighted by Crippen LogP contribution is 2.28. The predicted molar refractivity (Wildman–Crippen MR) is 102 cm³/mol. The summed E-state index contributed by atoms with van der Waals surface area (Å²) in [5, 5.41) is 3.50. The number of halogens is 1. The van der Waals surface area contributed by atoms with Crippen LogP contribution in [0, 0.1) is 0 Å². The molecule has 1 aliphatic heterocycles. The molecule has 0 spiro atoms. The van der Waals surface area contributed by atoms with E-state index in [1.165, 1.54) is 0 Å². The second-order valence-electron chi connectivity index (χ2n) is 6.99. The van der Waals surface area contributed by atoms with E-state index in [0.717, 1.165) is 13.0 Å². The molecular weight excluding hydrogens is 338 g/mol. The summed E-state index contributed by atoms with van der Waals surface area (Å²) in [5.41, 5.74) is 1.11. The van der Waals surface area contributed by atoms with Gasteiger partial charge in [-0.3, -0.25) is 14.5 Å². The van der Waals surface area contributed by atoms with E-state index < -0.39 is 0 Å². The van der Waals surface area contributed by atoms with Crippen LogP contribution in [0.25, 0.3) is 0 Å². The zero-order valence-electron chi connectivity index (χ0n) is 15.5. The molecule has 0 atom stereocenters. The summed E-state index contributed by atoms with van der Waals surface area (Å²) in [4.78, 5) is 28.7. The molecule has 0 aromatic heterocycles. The number of hydrogen-bond donors (Lipinski definition) is 1. The van der Waals surface area contributed by atoms with Crippen LogP contribution in [-0.4, -0.2) is 48.4 Å². The molecule has 1 heterocycles. The largest absolute Gasteiger partial charge is 0.351 e. The molecule has 0 saturated carbocycles. The molecule has 2 amide bonds. The summed E-state index contributed by atoms with van der Waals surface area (Å²) in [6.45, 7) is 10.6. The van der Waals surface area contributed by atoms with E-state index in [9.17, 15) is 9.59 Å². The fraction of sp³-hybridized carbons (Fsp3) is 0.579. The number of anilines is 1. The Bertz CT molecular complexity index is 623. The second kappa shape index (κ2) is 8.68. The number of carbonyl (C=O) groups is 2. The van der Waals surface area contributed by atoms with Gasteiger partial charge in [0.15, 0.2) is 0 Å². The molecule has 0 unspecified atom stereocenters. The van der Waals surface area contributed by atoms with Crippen LogP contribution in [0.5, 0.6) is 0 Å². The van der Waals surface area contributed by atoms with E-state index in [2.05, 4.69) is 37.9 Å². The summed E-state index contributed by atoms with van der Waals surface area (Å²) >= 11 is 6.09. The fourth-order valence-electron chi connectivity index (χ4n) is 3.33. The van der Waals surface area contributed by atoms with Gasteiger partial charge in [-0.1, -0.05) is 11.6 Å². The van der Waals surface area contributed by atoms with Crippen molar-refractivity contribution in [2.24, 2.45) is 0 Å². The van der Waals surface area contributed by atoms with Crippen LogP contribution in [0.4, 0.5) is 5.69 Å². The molecule has 1 N–H and O–H groups in total. The molecule has 0 aliphatic carbocycles. The monoisotopic (exact) mass is 365 g/mol. The zero-order chi connectivity index (χ0) is 18.6. The molecule has 2 rings (SSSR count). The number of carbonyl (C=O) groups excluding carboxylic acids is 2. The van der Waals surface area contributed by atoms with Gasteiger partial charge in [0.25, 0.3) is 5.91 Å². The third-order valence-corrected chi connectivity index (χ3v) is 4.79. The molecule has 1 fully saturated rings. The minimum absolute atomic E-state index is 0.0436. The highest BCUT2D eigenvalue weighted by molar-refractivity contribution is 6.31. The van der Waals surface area contributed by atoms with E-state index in [4.69, 9.17) is 11.6 Å². The SMILES string of the molecule is CC(C)N(CCNC(=O)c1ccc(Cl)cc1N1CCCC1=O)C(C)C. The van der Waals surface area contributed by atoms with Gasteiger partial charge in [-0.2, -0.15) is 0 Å². The summed E-state index contributed by atoms with van der Waals surface area (Å²) in [6, 6.07) is 5.93. The van der Waals surface area contributed by atoms with Crippen LogP contribution in [0.1, 0.15) is 50.9 Å². The first-order valence-corrected chi connectivity index (χ1v) is 9.33. The smallest absolute Gasteiger partial charge is 0.253 e. The number of hydrogen-bond acceptors (Lipinski definition) is 3. The van der Waals surface area contributed by atoms with Crippen LogP contribution >= 0.6 is 11.6 Å². The van der Waals surface area contributed by atoms with Crippen LogP contribution in [0.15, 0.2) is 18.2 Å². The van der Waals surface area contributed by atoms with E-state index in [-0.39, 0.29) is 11.8 Å². The van der Waals surface area contributed by atoms with Gasteiger partial charge in [0.05, 0.1) is 11.3 Å². The van der Waals surface area contributed by atoms with Gasteiger partial charge in [0.2, 0.25) is 5.91 Å². The maximum Gasteiger partial charge on any atom is 0.253 e. The topological polar surface area (TPSA) is 52.7 Å². The third kappa shape index (κ3) is 4.95. The van der Waals surface area contributed by atoms with Gasteiger partial charge in [0.1, 0.15) is 0 Å². The van der Waals surface area contributed by atoms with Crippen molar-refractivity contribution < 1.29 is 9.59 Å². The first-order valence-electron chi connectivity index (χ1n) is 8.95. The Hall–Kier alpha value is -1.59. The van der Waals surface area contributed by atoms with Crippen molar-refractivity contribution in [2.75, 3.05) is 24.5 Å². The van der Waals surface area contributed by atoms with Crippen LogP contribution in [0.3, 0.4) is 0 Å². The maximum absolute atomic E-state index is 12.7. The number of amides is 2. The van der Waals surface area contributed by atoms with Gasteiger partial charge in [-0.25, -0.2) is 0 Å². The zero-order valence-corrected chi connectivity index (χ0v) is 16.3. The molecule has 138 valence electrons. The van der Waals surface area contributed by atoms with Crippen molar-refractivity contribution in [3.63, 3.8) is 0 Å². The van der Waals surface area contributed by atoms with Crippen molar-refractivity contribution in [1.82, 2.24) is 10.2 Å². The standard InChI is InChI=1S/C19H28ClN3O2/c1-13(2)22(14(3)4)11-9-21-19(25)16-8-7-15(20)12-17(16)23-10-5-6-18(23)24/h7-8,12-14H,5-6,9-11H2,1-4H3,(H,21,25). The minimum Gasteiger partial charge on any atom is -0.351 e. The Balaban J connectivity index is 2.08. The maximum atomic E-state index is 12.7. The van der Waals surface area contributed by atoms with Gasteiger partial charge < -0.3 is 10.2 Å². The van der Waals surface area contributed by atoms with Crippen LogP contribution in [0.2, 0.25) is 5.02 Å². The van der Waals surface area contributed by atoms with E-state index in [1.54, 1.807) is 23.1 Å². The summed E-state index contributed by atoms with van der Waals surface area (Å²) < 4.78 is 0. The van der Waals surface area contributed by atoms with Gasteiger partial charge >= 0.3 is 0 Å². The number of nitrogens with zero attached hydrogens (tertiary/aromatic N) is 2. The molecule has 5 nitrogen and oxygen atoms in total. The lowest BCUT2D eigenvalue weighted by atomic mass is 10.1. The second-order valence-corrected chi connectivity index (χ2v) is 7.43. The summed E-state index contributed by atoms with van der Waals surface area (Å²) in [5.74, 6) is -0.124. The molecular formula is C19H28ClN3O2. The van der Waals surface area contributed by atoms with Crippen molar-refractivity contribution in [1.29, 1.82) is 0 Å². The van der Waals surface area contributed by atoms with E-state index >= 15 is 0 Å². The number of rotatable bonds is 7. The van der Waals surface area contributed by atoms with E-state index in [1.807, 2.05) is 0 Å². The molecule has 1 aliphatic rings. The average molecular weight is 366 g/mol. The van der Waals surface area contributed by atoms with E-state index in [0.29, 0.717) is 47.9 Å². The highest BCUT2D eigenvalue weighted by atomic mass is 35.5. The minimum atomic E-state index is -0.168. The highest BCUT2D eigenvalue weighted by Gasteiger charge is 2.26. The first kappa shape index (κ1) is 19.7. The Morgan fingerprint density at radius 1 is 1.28 bits per heavy atom. The quantitative estimate of drug-likeness (QED) is 0.806. The number of nitrogens with one attached hydrogen (secondary N) is 1. The lowest BCUT2D eigenvalue weighted by molar-refractivity contribution is -0.117. The lowest BCUT2D eigenvalue weighted by Crippen LogP contribution is -2.42. The van der Waals surface area contributed by atoms with Crippen molar-refractivity contribution >= 4 is 29.1 Å². The van der Waals surface area contributed by atoms with Crippen LogP contribution < -0.4 is 10.2 Å². The Morgan fingerprint density at radius 2 is 1.96 bits per heavy atom.